The number of nitrogens with one attached hydrogen (secondary N) is 1. The average molecular weight is 305 g/mol. The Bertz CT molecular complexity index is 584. The summed E-state index contributed by atoms with van der Waals surface area (Å²) in [7, 11) is 0. The highest BCUT2D eigenvalue weighted by atomic mass is 32.1. The van der Waals surface area contributed by atoms with Crippen LogP contribution in [0, 0.1) is 6.92 Å². The predicted octanol–water partition coefficient (Wildman–Crippen LogP) is 2.56. The molecule has 0 aromatic carbocycles. The molecule has 112 valence electrons. The second-order valence-corrected chi connectivity index (χ2v) is 5.58. The lowest BCUT2D eigenvalue weighted by Gasteiger charge is -2.03. The minimum absolute atomic E-state index is 0.165. The summed E-state index contributed by atoms with van der Waals surface area (Å²) in [5, 5.41) is 4.23. The van der Waals surface area contributed by atoms with Crippen molar-refractivity contribution < 1.29 is 9.53 Å². The molecular formula is C15H19N3O2S. The van der Waals surface area contributed by atoms with E-state index in [1.807, 2.05) is 32.2 Å². The monoisotopic (exact) mass is 305 g/mol. The molecule has 2 aromatic rings. The summed E-state index contributed by atoms with van der Waals surface area (Å²) in [4.78, 5) is 21.1. The van der Waals surface area contributed by atoms with E-state index in [0.717, 1.165) is 16.3 Å². The van der Waals surface area contributed by atoms with Crippen LogP contribution in [0.2, 0.25) is 0 Å². The molecule has 0 spiro atoms. The SMILES string of the molecule is CCOC(=O)CCNCc1sc(-c2cccnc2)nc1C. The Morgan fingerprint density at radius 1 is 1.48 bits per heavy atom. The first-order valence-corrected chi connectivity index (χ1v) is 7.75. The standard InChI is InChI=1S/C15H19N3O2S/c1-3-20-14(19)6-8-17-10-13-11(2)18-15(21-13)12-5-4-7-16-9-12/h4-5,7,9,17H,3,6,8,10H2,1-2H3. The Kier molecular flexibility index (Phi) is 5.83. The minimum Gasteiger partial charge on any atom is -0.466 e. The molecule has 2 heterocycles. The molecule has 21 heavy (non-hydrogen) atoms. The Morgan fingerprint density at radius 3 is 3.05 bits per heavy atom. The summed E-state index contributed by atoms with van der Waals surface area (Å²) in [5.41, 5.74) is 2.05. The van der Waals surface area contributed by atoms with Crippen molar-refractivity contribution in [2.75, 3.05) is 13.2 Å². The number of aromatic nitrogens is 2. The number of ether oxygens (including phenoxy) is 1. The fourth-order valence-electron chi connectivity index (χ4n) is 1.83. The lowest BCUT2D eigenvalue weighted by molar-refractivity contribution is -0.142. The van der Waals surface area contributed by atoms with E-state index in [4.69, 9.17) is 4.74 Å². The number of hydrogen-bond acceptors (Lipinski definition) is 6. The highest BCUT2D eigenvalue weighted by Crippen LogP contribution is 2.27. The van der Waals surface area contributed by atoms with Gasteiger partial charge in [0.15, 0.2) is 0 Å². The maximum absolute atomic E-state index is 11.2. The van der Waals surface area contributed by atoms with E-state index in [9.17, 15) is 4.79 Å². The van der Waals surface area contributed by atoms with Crippen molar-refractivity contribution in [3.63, 3.8) is 0 Å². The summed E-state index contributed by atoms with van der Waals surface area (Å²) >= 11 is 1.65. The second kappa shape index (κ2) is 7.85. The van der Waals surface area contributed by atoms with E-state index in [0.29, 0.717) is 26.1 Å². The fraction of sp³-hybridized carbons (Fsp3) is 0.400. The zero-order chi connectivity index (χ0) is 15.1. The quantitative estimate of drug-likeness (QED) is 0.629. The zero-order valence-corrected chi connectivity index (χ0v) is 13.1. The molecule has 0 fully saturated rings. The summed E-state index contributed by atoms with van der Waals surface area (Å²) in [6.07, 6.45) is 3.96. The summed E-state index contributed by atoms with van der Waals surface area (Å²) in [6.45, 7) is 5.56. The molecule has 0 saturated heterocycles. The predicted molar refractivity (Wildman–Crippen MR) is 83.0 cm³/mol. The third-order valence-corrected chi connectivity index (χ3v) is 4.10. The Hall–Kier alpha value is -1.79. The van der Waals surface area contributed by atoms with Crippen molar-refractivity contribution in [1.29, 1.82) is 0 Å². The largest absolute Gasteiger partial charge is 0.466 e. The summed E-state index contributed by atoms with van der Waals surface area (Å²) in [5.74, 6) is -0.165. The Balaban J connectivity index is 1.87. The van der Waals surface area contributed by atoms with Gasteiger partial charge in [-0.15, -0.1) is 11.3 Å². The van der Waals surface area contributed by atoms with E-state index in [2.05, 4.69) is 15.3 Å². The molecule has 0 atom stereocenters. The molecule has 0 aliphatic heterocycles. The van der Waals surface area contributed by atoms with E-state index in [1.54, 1.807) is 17.5 Å². The van der Waals surface area contributed by atoms with Crippen molar-refractivity contribution in [2.24, 2.45) is 0 Å². The summed E-state index contributed by atoms with van der Waals surface area (Å²) in [6, 6.07) is 3.91. The van der Waals surface area contributed by atoms with Crippen LogP contribution >= 0.6 is 11.3 Å². The van der Waals surface area contributed by atoms with Crippen molar-refractivity contribution in [3.05, 3.63) is 35.1 Å². The number of esters is 1. The number of hydrogen-bond donors (Lipinski definition) is 1. The van der Waals surface area contributed by atoms with Crippen LogP contribution in [0.4, 0.5) is 0 Å². The highest BCUT2D eigenvalue weighted by molar-refractivity contribution is 7.15. The minimum atomic E-state index is -0.165. The molecule has 0 unspecified atom stereocenters. The highest BCUT2D eigenvalue weighted by Gasteiger charge is 2.09. The van der Waals surface area contributed by atoms with E-state index >= 15 is 0 Å². The van der Waals surface area contributed by atoms with Gasteiger partial charge in [0, 0.05) is 35.9 Å². The number of nitrogens with zero attached hydrogens (tertiary/aromatic N) is 2. The van der Waals surface area contributed by atoms with Crippen molar-refractivity contribution in [1.82, 2.24) is 15.3 Å². The molecular weight excluding hydrogens is 286 g/mol. The summed E-state index contributed by atoms with van der Waals surface area (Å²) < 4.78 is 4.88. The first-order chi connectivity index (χ1) is 10.2. The van der Waals surface area contributed by atoms with Crippen LogP contribution in [-0.4, -0.2) is 29.1 Å². The zero-order valence-electron chi connectivity index (χ0n) is 12.3. The van der Waals surface area contributed by atoms with Gasteiger partial charge in [0.1, 0.15) is 5.01 Å². The molecule has 0 bridgehead atoms. The normalized spacial score (nSPS) is 10.6. The van der Waals surface area contributed by atoms with Crippen LogP contribution in [0.3, 0.4) is 0 Å². The van der Waals surface area contributed by atoms with Gasteiger partial charge in [0.25, 0.3) is 0 Å². The second-order valence-electron chi connectivity index (χ2n) is 4.50. The first-order valence-electron chi connectivity index (χ1n) is 6.93. The van der Waals surface area contributed by atoms with Gasteiger partial charge in [-0.25, -0.2) is 4.98 Å². The van der Waals surface area contributed by atoms with Gasteiger partial charge in [0.05, 0.1) is 18.7 Å². The van der Waals surface area contributed by atoms with Crippen molar-refractivity contribution in [2.45, 2.75) is 26.8 Å². The lowest BCUT2D eigenvalue weighted by Crippen LogP contribution is -2.18. The van der Waals surface area contributed by atoms with Gasteiger partial charge < -0.3 is 10.1 Å². The molecule has 0 aliphatic carbocycles. The van der Waals surface area contributed by atoms with Crippen molar-refractivity contribution >= 4 is 17.3 Å². The van der Waals surface area contributed by atoms with Crippen LogP contribution in [0.5, 0.6) is 0 Å². The van der Waals surface area contributed by atoms with Crippen LogP contribution in [0.1, 0.15) is 23.9 Å². The number of rotatable bonds is 7. The lowest BCUT2D eigenvalue weighted by atomic mass is 10.3. The molecule has 0 saturated carbocycles. The topological polar surface area (TPSA) is 64.1 Å². The Morgan fingerprint density at radius 2 is 2.33 bits per heavy atom. The first kappa shape index (κ1) is 15.6. The molecule has 6 heteroatoms. The third-order valence-electron chi connectivity index (χ3n) is 2.90. The van der Waals surface area contributed by atoms with Crippen LogP contribution < -0.4 is 5.32 Å². The van der Waals surface area contributed by atoms with Crippen molar-refractivity contribution in [3.8, 4) is 10.6 Å². The molecule has 5 nitrogen and oxygen atoms in total. The van der Waals surface area contributed by atoms with Crippen LogP contribution in [0.25, 0.3) is 10.6 Å². The Labute approximate surface area is 128 Å². The number of carbonyl (C=O) groups is 1. The van der Waals surface area contributed by atoms with E-state index < -0.39 is 0 Å². The van der Waals surface area contributed by atoms with Crippen LogP contribution in [-0.2, 0) is 16.1 Å². The number of thiazole rings is 1. The number of pyridine rings is 1. The average Bonchev–Trinajstić information content (AvgIpc) is 2.86. The van der Waals surface area contributed by atoms with Crippen LogP contribution in [0.15, 0.2) is 24.5 Å². The molecule has 1 N–H and O–H groups in total. The maximum Gasteiger partial charge on any atom is 0.307 e. The van der Waals surface area contributed by atoms with Gasteiger partial charge >= 0.3 is 5.97 Å². The van der Waals surface area contributed by atoms with Gasteiger partial charge in [0.2, 0.25) is 0 Å². The van der Waals surface area contributed by atoms with Gasteiger partial charge in [-0.1, -0.05) is 0 Å². The van der Waals surface area contributed by atoms with E-state index in [-0.39, 0.29) is 5.97 Å². The van der Waals surface area contributed by atoms with Gasteiger partial charge in [-0.2, -0.15) is 0 Å². The number of carbonyl (C=O) groups excluding carboxylic acids is 1. The number of aryl methyl sites for hydroxylation is 1. The molecule has 0 aliphatic rings. The molecule has 2 aromatic heterocycles. The molecule has 2 rings (SSSR count). The third kappa shape index (κ3) is 4.61. The van der Waals surface area contributed by atoms with Gasteiger partial charge in [-0.3, -0.25) is 9.78 Å². The molecule has 0 amide bonds. The van der Waals surface area contributed by atoms with Gasteiger partial charge in [-0.05, 0) is 26.0 Å². The molecule has 0 radical (unpaired) electrons. The maximum atomic E-state index is 11.2. The smallest absolute Gasteiger partial charge is 0.307 e. The fourth-order valence-corrected chi connectivity index (χ4v) is 2.85. The van der Waals surface area contributed by atoms with E-state index in [1.165, 1.54) is 4.88 Å².